The molecule has 2 rings (SSSR count). The van der Waals surface area contributed by atoms with E-state index in [1.807, 2.05) is 33.0 Å². The average Bonchev–Trinajstić information content (AvgIpc) is 2.72. The van der Waals surface area contributed by atoms with Gasteiger partial charge < -0.3 is 0 Å². The van der Waals surface area contributed by atoms with E-state index in [0.717, 1.165) is 25.6 Å². The predicted octanol–water partition coefficient (Wildman–Crippen LogP) is 3.29. The molecule has 0 aliphatic heterocycles. The quantitative estimate of drug-likeness (QED) is 0.815. The first-order valence-electron chi connectivity index (χ1n) is 5.26. The number of thiophene rings is 1. The molecule has 0 saturated carbocycles. The number of rotatable bonds is 3. The highest BCUT2D eigenvalue weighted by Gasteiger charge is 2.14. The second kappa shape index (κ2) is 4.74. The monoisotopic (exact) mass is 312 g/mol. The van der Waals surface area contributed by atoms with E-state index < -0.39 is 0 Å². The Labute approximate surface area is 113 Å². The number of carbonyl (C=O) groups is 1. The van der Waals surface area contributed by atoms with Gasteiger partial charge in [-0.3, -0.25) is 9.48 Å². The van der Waals surface area contributed by atoms with E-state index in [1.165, 1.54) is 11.3 Å². The predicted molar refractivity (Wildman–Crippen MR) is 72.7 cm³/mol. The van der Waals surface area contributed by atoms with E-state index in [4.69, 9.17) is 0 Å². The Morgan fingerprint density at radius 3 is 2.65 bits per heavy atom. The lowest BCUT2D eigenvalue weighted by molar-refractivity contribution is 0.0994. The molecule has 0 N–H and O–H groups in total. The third-order valence-corrected chi connectivity index (χ3v) is 4.75. The maximum absolute atomic E-state index is 12.1. The number of hydrogen-bond acceptors (Lipinski definition) is 3. The molecular formula is C12H13BrN2OS. The summed E-state index contributed by atoms with van der Waals surface area (Å²) in [6.07, 6.45) is 0.406. The Hall–Kier alpha value is -0.940. The van der Waals surface area contributed by atoms with Gasteiger partial charge in [-0.05, 0) is 47.5 Å². The van der Waals surface area contributed by atoms with E-state index >= 15 is 0 Å². The lowest BCUT2D eigenvalue weighted by Crippen LogP contribution is -2.06. The van der Waals surface area contributed by atoms with Crippen molar-refractivity contribution in [2.24, 2.45) is 7.05 Å². The van der Waals surface area contributed by atoms with Crippen LogP contribution in [0.1, 0.15) is 26.6 Å². The normalized spacial score (nSPS) is 10.8. The first-order valence-corrected chi connectivity index (χ1v) is 6.87. The van der Waals surface area contributed by atoms with Crippen LogP contribution in [-0.2, 0) is 13.5 Å². The van der Waals surface area contributed by atoms with E-state index in [-0.39, 0.29) is 5.78 Å². The Morgan fingerprint density at radius 1 is 1.47 bits per heavy atom. The van der Waals surface area contributed by atoms with Gasteiger partial charge >= 0.3 is 0 Å². The van der Waals surface area contributed by atoms with Gasteiger partial charge in [0.1, 0.15) is 0 Å². The van der Waals surface area contributed by atoms with Crippen LogP contribution in [0, 0.1) is 13.8 Å². The van der Waals surface area contributed by atoms with Gasteiger partial charge in [-0.1, -0.05) is 0 Å². The Balaban J connectivity index is 2.19. The number of hydrogen-bond donors (Lipinski definition) is 0. The molecule has 90 valence electrons. The number of nitrogens with zero attached hydrogens (tertiary/aromatic N) is 2. The Kier molecular flexibility index (Phi) is 3.49. The minimum Gasteiger partial charge on any atom is -0.293 e. The van der Waals surface area contributed by atoms with E-state index in [1.54, 1.807) is 4.68 Å². The second-order valence-electron chi connectivity index (χ2n) is 4.07. The summed E-state index contributed by atoms with van der Waals surface area (Å²) in [4.78, 5) is 12.9. The van der Waals surface area contributed by atoms with E-state index in [0.29, 0.717) is 6.42 Å². The van der Waals surface area contributed by atoms with E-state index in [9.17, 15) is 4.79 Å². The minimum atomic E-state index is 0.145. The summed E-state index contributed by atoms with van der Waals surface area (Å²) in [5, 5.41) is 4.24. The number of Topliss-reactive ketones (excluding diaryl/α,β-unsaturated/α-hetero) is 1. The van der Waals surface area contributed by atoms with Gasteiger partial charge in [-0.15, -0.1) is 11.3 Å². The standard InChI is InChI=1S/C12H13BrN2OS/c1-7-4-11(17-12(7)13)10(16)6-9-5-8(2)14-15(9)3/h4-5H,6H2,1-3H3. The smallest absolute Gasteiger partial charge is 0.178 e. The van der Waals surface area contributed by atoms with Gasteiger partial charge in [0.15, 0.2) is 5.78 Å². The largest absolute Gasteiger partial charge is 0.293 e. The van der Waals surface area contributed by atoms with Crippen molar-refractivity contribution in [3.05, 3.63) is 37.7 Å². The molecule has 3 nitrogen and oxygen atoms in total. The molecule has 0 spiro atoms. The van der Waals surface area contributed by atoms with Crippen LogP contribution in [0.15, 0.2) is 15.9 Å². The fourth-order valence-corrected chi connectivity index (χ4v) is 3.15. The first kappa shape index (κ1) is 12.5. The molecule has 0 aromatic carbocycles. The molecule has 0 saturated heterocycles. The zero-order chi connectivity index (χ0) is 12.6. The van der Waals surface area contributed by atoms with E-state index in [2.05, 4.69) is 21.0 Å². The number of aromatic nitrogens is 2. The van der Waals surface area contributed by atoms with Crippen molar-refractivity contribution in [1.29, 1.82) is 0 Å². The summed E-state index contributed by atoms with van der Waals surface area (Å²) in [5.74, 6) is 0.145. The van der Waals surface area contributed by atoms with Crippen LogP contribution < -0.4 is 0 Å². The van der Waals surface area contributed by atoms with Gasteiger partial charge in [0.25, 0.3) is 0 Å². The van der Waals surface area contributed by atoms with Gasteiger partial charge in [0, 0.05) is 12.7 Å². The van der Waals surface area contributed by atoms with Crippen LogP contribution in [0.3, 0.4) is 0 Å². The van der Waals surface area contributed by atoms with Crippen LogP contribution >= 0.6 is 27.3 Å². The second-order valence-corrected chi connectivity index (χ2v) is 6.44. The molecule has 0 unspecified atom stereocenters. The lowest BCUT2D eigenvalue weighted by atomic mass is 10.1. The molecule has 0 aliphatic carbocycles. The molecule has 0 amide bonds. The van der Waals surface area contributed by atoms with Crippen LogP contribution in [0.2, 0.25) is 0 Å². The van der Waals surface area contributed by atoms with Gasteiger partial charge in [0.05, 0.1) is 20.8 Å². The summed E-state index contributed by atoms with van der Waals surface area (Å²) >= 11 is 4.93. The van der Waals surface area contributed by atoms with Crippen LogP contribution in [0.5, 0.6) is 0 Å². The maximum atomic E-state index is 12.1. The van der Waals surface area contributed by atoms with Gasteiger partial charge in [0.2, 0.25) is 0 Å². The molecular weight excluding hydrogens is 300 g/mol. The summed E-state index contributed by atoms with van der Waals surface area (Å²) in [7, 11) is 1.87. The number of carbonyl (C=O) groups excluding carboxylic acids is 1. The molecule has 0 atom stereocenters. The minimum absolute atomic E-state index is 0.145. The number of ketones is 1. The van der Waals surface area contributed by atoms with Crippen molar-refractivity contribution in [2.45, 2.75) is 20.3 Å². The van der Waals surface area contributed by atoms with Crippen molar-refractivity contribution >= 4 is 33.0 Å². The third-order valence-electron chi connectivity index (χ3n) is 2.57. The Bertz CT molecular complexity index is 552. The highest BCUT2D eigenvalue weighted by molar-refractivity contribution is 9.11. The first-order chi connectivity index (χ1) is 7.97. The number of halogens is 1. The molecule has 0 bridgehead atoms. The maximum Gasteiger partial charge on any atom is 0.178 e. The molecule has 2 aromatic heterocycles. The SMILES string of the molecule is Cc1cc(CC(=O)c2cc(C)c(Br)s2)n(C)n1. The zero-order valence-electron chi connectivity index (χ0n) is 9.95. The van der Waals surface area contributed by atoms with Crippen LogP contribution in [0.25, 0.3) is 0 Å². The van der Waals surface area contributed by atoms with Crippen molar-refractivity contribution in [3.8, 4) is 0 Å². The fourth-order valence-electron chi connectivity index (χ4n) is 1.68. The molecule has 5 heteroatoms. The zero-order valence-corrected chi connectivity index (χ0v) is 12.4. The summed E-state index contributed by atoms with van der Waals surface area (Å²) < 4.78 is 2.80. The molecule has 0 aliphatic rings. The van der Waals surface area contributed by atoms with Crippen LogP contribution in [-0.4, -0.2) is 15.6 Å². The van der Waals surface area contributed by atoms with Gasteiger partial charge in [-0.25, -0.2) is 0 Å². The van der Waals surface area contributed by atoms with Crippen molar-refractivity contribution in [3.63, 3.8) is 0 Å². The molecule has 0 fully saturated rings. The number of aryl methyl sites for hydroxylation is 3. The topological polar surface area (TPSA) is 34.9 Å². The molecule has 2 heterocycles. The summed E-state index contributed by atoms with van der Waals surface area (Å²) in [6.45, 7) is 3.92. The fraction of sp³-hybridized carbons (Fsp3) is 0.333. The summed E-state index contributed by atoms with van der Waals surface area (Å²) in [6, 6.07) is 3.88. The highest BCUT2D eigenvalue weighted by atomic mass is 79.9. The highest BCUT2D eigenvalue weighted by Crippen LogP contribution is 2.28. The molecule has 17 heavy (non-hydrogen) atoms. The van der Waals surface area contributed by atoms with Crippen molar-refractivity contribution < 1.29 is 4.79 Å². The molecule has 2 aromatic rings. The Morgan fingerprint density at radius 2 is 2.18 bits per heavy atom. The van der Waals surface area contributed by atoms with Crippen molar-refractivity contribution in [1.82, 2.24) is 9.78 Å². The van der Waals surface area contributed by atoms with Gasteiger partial charge in [-0.2, -0.15) is 5.10 Å². The lowest BCUT2D eigenvalue weighted by Gasteiger charge is -1.99. The summed E-state index contributed by atoms with van der Waals surface area (Å²) in [5.41, 5.74) is 3.01. The van der Waals surface area contributed by atoms with Crippen molar-refractivity contribution in [2.75, 3.05) is 0 Å². The third kappa shape index (κ3) is 2.66. The average molecular weight is 313 g/mol. The molecule has 0 radical (unpaired) electrons. The van der Waals surface area contributed by atoms with Crippen LogP contribution in [0.4, 0.5) is 0 Å².